The van der Waals surface area contributed by atoms with Crippen molar-refractivity contribution in [1.82, 2.24) is 4.90 Å². The van der Waals surface area contributed by atoms with Crippen LogP contribution < -0.4 is 15.2 Å². The van der Waals surface area contributed by atoms with E-state index in [9.17, 15) is 0 Å². The molecule has 4 nitrogen and oxygen atoms in total. The lowest BCUT2D eigenvalue weighted by Gasteiger charge is -2.35. The van der Waals surface area contributed by atoms with Gasteiger partial charge in [-0.15, -0.1) is 0 Å². The SMILES string of the molecule is CCN(CC(C)(C)CN)C(C)c1ccc(OC)c(OC)c1. The van der Waals surface area contributed by atoms with E-state index in [4.69, 9.17) is 15.2 Å². The van der Waals surface area contributed by atoms with Crippen LogP contribution in [0.1, 0.15) is 39.3 Å². The summed E-state index contributed by atoms with van der Waals surface area (Å²) in [5, 5.41) is 0. The van der Waals surface area contributed by atoms with Gasteiger partial charge in [-0.05, 0) is 43.1 Å². The monoisotopic (exact) mass is 294 g/mol. The summed E-state index contributed by atoms with van der Waals surface area (Å²) in [6.07, 6.45) is 0. The lowest BCUT2D eigenvalue weighted by Crippen LogP contribution is -2.39. The molecule has 0 saturated carbocycles. The number of benzene rings is 1. The van der Waals surface area contributed by atoms with Crippen LogP contribution in [0.4, 0.5) is 0 Å². The Kier molecular flexibility index (Phi) is 6.49. The van der Waals surface area contributed by atoms with Gasteiger partial charge < -0.3 is 15.2 Å². The van der Waals surface area contributed by atoms with E-state index < -0.39 is 0 Å². The first-order valence-corrected chi connectivity index (χ1v) is 7.54. The Morgan fingerprint density at radius 1 is 1.19 bits per heavy atom. The third kappa shape index (κ3) is 4.61. The fourth-order valence-corrected chi connectivity index (χ4v) is 2.46. The Bertz CT molecular complexity index is 446. The predicted molar refractivity (Wildman–Crippen MR) is 88.0 cm³/mol. The van der Waals surface area contributed by atoms with E-state index in [1.54, 1.807) is 14.2 Å². The van der Waals surface area contributed by atoms with Crippen molar-refractivity contribution in [3.05, 3.63) is 23.8 Å². The van der Waals surface area contributed by atoms with Crippen molar-refractivity contribution < 1.29 is 9.47 Å². The number of methoxy groups -OCH3 is 2. The first-order valence-electron chi connectivity index (χ1n) is 7.54. The molecule has 2 N–H and O–H groups in total. The molecule has 0 aliphatic carbocycles. The number of nitrogens with zero attached hydrogens (tertiary/aromatic N) is 1. The van der Waals surface area contributed by atoms with Crippen molar-refractivity contribution >= 4 is 0 Å². The molecule has 0 amide bonds. The van der Waals surface area contributed by atoms with E-state index in [1.165, 1.54) is 5.56 Å². The van der Waals surface area contributed by atoms with E-state index in [0.29, 0.717) is 12.6 Å². The molecule has 1 unspecified atom stereocenters. The van der Waals surface area contributed by atoms with Crippen LogP contribution in [0.3, 0.4) is 0 Å². The van der Waals surface area contributed by atoms with Gasteiger partial charge in [0.15, 0.2) is 11.5 Å². The minimum Gasteiger partial charge on any atom is -0.493 e. The van der Waals surface area contributed by atoms with Gasteiger partial charge in [-0.2, -0.15) is 0 Å². The summed E-state index contributed by atoms with van der Waals surface area (Å²) in [5.41, 5.74) is 7.20. The molecule has 0 heterocycles. The van der Waals surface area contributed by atoms with Gasteiger partial charge in [0.2, 0.25) is 0 Å². The number of rotatable bonds is 8. The fraction of sp³-hybridized carbons (Fsp3) is 0.647. The molecule has 0 aromatic heterocycles. The van der Waals surface area contributed by atoms with E-state index in [-0.39, 0.29) is 5.41 Å². The molecule has 1 aromatic carbocycles. The predicted octanol–water partition coefficient (Wildman–Crippen LogP) is 3.07. The van der Waals surface area contributed by atoms with Gasteiger partial charge >= 0.3 is 0 Å². The molecule has 120 valence electrons. The molecule has 0 radical (unpaired) electrons. The first kappa shape index (κ1) is 17.8. The van der Waals surface area contributed by atoms with E-state index >= 15 is 0 Å². The lowest BCUT2D eigenvalue weighted by molar-refractivity contribution is 0.147. The van der Waals surface area contributed by atoms with Crippen LogP contribution in [0.5, 0.6) is 11.5 Å². The second-order valence-electron chi connectivity index (χ2n) is 6.22. The van der Waals surface area contributed by atoms with Gasteiger partial charge in [-0.25, -0.2) is 0 Å². The highest BCUT2D eigenvalue weighted by Crippen LogP contribution is 2.32. The molecule has 1 atom stereocenters. The van der Waals surface area contributed by atoms with Crippen molar-refractivity contribution in [2.45, 2.75) is 33.7 Å². The second kappa shape index (κ2) is 7.66. The number of hydrogen-bond donors (Lipinski definition) is 1. The largest absolute Gasteiger partial charge is 0.493 e. The third-order valence-electron chi connectivity index (χ3n) is 4.03. The number of hydrogen-bond acceptors (Lipinski definition) is 4. The molecule has 0 saturated heterocycles. The molecular formula is C17H30N2O2. The molecule has 4 heteroatoms. The van der Waals surface area contributed by atoms with Crippen LogP contribution in [0.2, 0.25) is 0 Å². The first-order chi connectivity index (χ1) is 9.88. The maximum absolute atomic E-state index is 5.87. The van der Waals surface area contributed by atoms with Crippen LogP contribution in [-0.4, -0.2) is 38.8 Å². The Morgan fingerprint density at radius 3 is 2.29 bits per heavy atom. The number of nitrogens with two attached hydrogens (primary N) is 1. The van der Waals surface area contributed by atoms with Crippen LogP contribution in [0.25, 0.3) is 0 Å². The minimum atomic E-state index is 0.112. The zero-order valence-corrected chi connectivity index (χ0v) is 14.3. The topological polar surface area (TPSA) is 47.7 Å². The quantitative estimate of drug-likeness (QED) is 0.800. The molecule has 0 aliphatic rings. The summed E-state index contributed by atoms with van der Waals surface area (Å²) in [6.45, 7) is 11.5. The van der Waals surface area contributed by atoms with Crippen molar-refractivity contribution in [2.75, 3.05) is 33.9 Å². The van der Waals surface area contributed by atoms with Crippen LogP contribution >= 0.6 is 0 Å². The standard InChI is InChI=1S/C17H30N2O2/c1-7-19(12-17(3,4)11-18)13(2)14-8-9-15(20-5)16(10-14)21-6/h8-10,13H,7,11-12,18H2,1-6H3. The zero-order valence-electron chi connectivity index (χ0n) is 14.3. The maximum Gasteiger partial charge on any atom is 0.161 e. The van der Waals surface area contributed by atoms with Crippen LogP contribution in [0, 0.1) is 5.41 Å². The van der Waals surface area contributed by atoms with Crippen molar-refractivity contribution in [1.29, 1.82) is 0 Å². The molecule has 0 spiro atoms. The van der Waals surface area contributed by atoms with Crippen molar-refractivity contribution in [3.8, 4) is 11.5 Å². The molecule has 21 heavy (non-hydrogen) atoms. The fourth-order valence-electron chi connectivity index (χ4n) is 2.46. The third-order valence-corrected chi connectivity index (χ3v) is 4.03. The molecule has 0 aliphatic heterocycles. The molecule has 0 bridgehead atoms. The smallest absolute Gasteiger partial charge is 0.161 e. The molecule has 1 aromatic rings. The summed E-state index contributed by atoms with van der Waals surface area (Å²) < 4.78 is 10.7. The Morgan fingerprint density at radius 2 is 1.81 bits per heavy atom. The van der Waals surface area contributed by atoms with Crippen LogP contribution in [-0.2, 0) is 0 Å². The highest BCUT2D eigenvalue weighted by molar-refractivity contribution is 5.43. The van der Waals surface area contributed by atoms with Gasteiger partial charge in [0.05, 0.1) is 14.2 Å². The molecule has 0 fully saturated rings. The minimum absolute atomic E-state index is 0.112. The van der Waals surface area contributed by atoms with Gasteiger partial charge in [-0.3, -0.25) is 4.90 Å². The molecular weight excluding hydrogens is 264 g/mol. The summed E-state index contributed by atoms with van der Waals surface area (Å²) >= 11 is 0. The highest BCUT2D eigenvalue weighted by Gasteiger charge is 2.24. The lowest BCUT2D eigenvalue weighted by atomic mass is 9.92. The van der Waals surface area contributed by atoms with Crippen molar-refractivity contribution in [2.24, 2.45) is 11.1 Å². The average molecular weight is 294 g/mol. The van der Waals surface area contributed by atoms with Crippen LogP contribution in [0.15, 0.2) is 18.2 Å². The Balaban J connectivity index is 2.97. The van der Waals surface area contributed by atoms with Gasteiger partial charge in [0.1, 0.15) is 0 Å². The average Bonchev–Trinajstić information content (AvgIpc) is 2.51. The second-order valence-corrected chi connectivity index (χ2v) is 6.22. The summed E-state index contributed by atoms with van der Waals surface area (Å²) in [6, 6.07) is 6.43. The van der Waals surface area contributed by atoms with E-state index in [2.05, 4.69) is 44.7 Å². The summed E-state index contributed by atoms with van der Waals surface area (Å²) in [7, 11) is 3.32. The van der Waals surface area contributed by atoms with Crippen molar-refractivity contribution in [3.63, 3.8) is 0 Å². The zero-order chi connectivity index (χ0) is 16.0. The van der Waals surface area contributed by atoms with Gasteiger partial charge in [-0.1, -0.05) is 26.8 Å². The summed E-state index contributed by atoms with van der Waals surface area (Å²) in [5.74, 6) is 1.54. The van der Waals surface area contributed by atoms with E-state index in [0.717, 1.165) is 24.6 Å². The number of ether oxygens (including phenoxy) is 2. The van der Waals surface area contributed by atoms with Gasteiger partial charge in [0.25, 0.3) is 0 Å². The summed E-state index contributed by atoms with van der Waals surface area (Å²) in [4.78, 5) is 2.44. The normalized spacial score (nSPS) is 13.3. The maximum atomic E-state index is 5.87. The van der Waals surface area contributed by atoms with E-state index in [1.807, 2.05) is 6.07 Å². The highest BCUT2D eigenvalue weighted by atomic mass is 16.5. The Labute approximate surface area is 129 Å². The van der Waals surface area contributed by atoms with Gasteiger partial charge in [0, 0.05) is 12.6 Å². The Hall–Kier alpha value is -1.26. The molecule has 1 rings (SSSR count).